The standard InChI is InChI=1S/C12H24N2O2/c1-4-10(5-2)13-11-7-6-8-14(9-11)12(15)16-3/h10-11,13H,4-9H2,1-3H3. The molecule has 0 aromatic rings. The van der Waals surface area contributed by atoms with Crippen LogP contribution >= 0.6 is 0 Å². The average Bonchev–Trinajstić information content (AvgIpc) is 2.35. The first-order chi connectivity index (χ1) is 7.71. The summed E-state index contributed by atoms with van der Waals surface area (Å²) >= 11 is 0. The zero-order chi connectivity index (χ0) is 12.0. The number of piperidine rings is 1. The van der Waals surface area contributed by atoms with Crippen molar-refractivity contribution in [3.8, 4) is 0 Å². The minimum absolute atomic E-state index is 0.198. The Morgan fingerprint density at radius 2 is 2.19 bits per heavy atom. The predicted molar refractivity (Wildman–Crippen MR) is 64.5 cm³/mol. The number of likely N-dealkylation sites (tertiary alicyclic amines) is 1. The molecular formula is C12H24N2O2. The third-order valence-electron chi connectivity index (χ3n) is 3.31. The van der Waals surface area contributed by atoms with Gasteiger partial charge >= 0.3 is 6.09 Å². The van der Waals surface area contributed by atoms with Gasteiger partial charge in [0.05, 0.1) is 7.11 Å². The molecular weight excluding hydrogens is 204 g/mol. The van der Waals surface area contributed by atoms with Crippen LogP contribution in [0.3, 0.4) is 0 Å². The van der Waals surface area contributed by atoms with E-state index in [1.807, 2.05) is 0 Å². The number of methoxy groups -OCH3 is 1. The Morgan fingerprint density at radius 3 is 2.75 bits per heavy atom. The van der Waals surface area contributed by atoms with Gasteiger partial charge < -0.3 is 15.0 Å². The van der Waals surface area contributed by atoms with Crippen molar-refractivity contribution in [3.63, 3.8) is 0 Å². The molecule has 0 spiro atoms. The van der Waals surface area contributed by atoms with Crippen LogP contribution in [-0.4, -0.2) is 43.3 Å². The molecule has 0 radical (unpaired) electrons. The van der Waals surface area contributed by atoms with Crippen LogP contribution in [0.4, 0.5) is 4.79 Å². The summed E-state index contributed by atoms with van der Waals surface area (Å²) in [5, 5.41) is 3.61. The summed E-state index contributed by atoms with van der Waals surface area (Å²) in [7, 11) is 1.44. The van der Waals surface area contributed by atoms with Crippen molar-refractivity contribution in [1.82, 2.24) is 10.2 Å². The normalized spacial score (nSPS) is 21.2. The molecule has 4 heteroatoms. The van der Waals surface area contributed by atoms with Crippen molar-refractivity contribution in [1.29, 1.82) is 0 Å². The van der Waals surface area contributed by atoms with Crippen LogP contribution in [0.2, 0.25) is 0 Å². The zero-order valence-corrected chi connectivity index (χ0v) is 10.7. The van der Waals surface area contributed by atoms with Gasteiger partial charge in [0.1, 0.15) is 0 Å². The average molecular weight is 228 g/mol. The quantitative estimate of drug-likeness (QED) is 0.800. The van der Waals surface area contributed by atoms with Gasteiger partial charge in [0.2, 0.25) is 0 Å². The van der Waals surface area contributed by atoms with Gasteiger partial charge in [-0.15, -0.1) is 0 Å². The molecule has 16 heavy (non-hydrogen) atoms. The number of carbonyl (C=O) groups is 1. The van der Waals surface area contributed by atoms with Crippen molar-refractivity contribution in [2.75, 3.05) is 20.2 Å². The summed E-state index contributed by atoms with van der Waals surface area (Å²) in [5.41, 5.74) is 0. The SMILES string of the molecule is CCC(CC)NC1CCCN(C(=O)OC)C1. The number of amides is 1. The van der Waals surface area contributed by atoms with Crippen LogP contribution < -0.4 is 5.32 Å². The van der Waals surface area contributed by atoms with Crippen molar-refractivity contribution in [2.24, 2.45) is 0 Å². The number of nitrogens with one attached hydrogen (secondary N) is 1. The summed E-state index contributed by atoms with van der Waals surface area (Å²) in [6.07, 6.45) is 4.31. The molecule has 1 N–H and O–H groups in total. The van der Waals surface area contributed by atoms with E-state index in [2.05, 4.69) is 19.2 Å². The van der Waals surface area contributed by atoms with E-state index < -0.39 is 0 Å². The third kappa shape index (κ3) is 3.67. The van der Waals surface area contributed by atoms with Gasteiger partial charge in [0, 0.05) is 25.2 Å². The highest BCUT2D eigenvalue weighted by atomic mass is 16.5. The number of ether oxygens (including phenoxy) is 1. The predicted octanol–water partition coefficient (Wildman–Crippen LogP) is 2.00. The van der Waals surface area contributed by atoms with Crippen LogP contribution in [0.15, 0.2) is 0 Å². The topological polar surface area (TPSA) is 41.6 Å². The lowest BCUT2D eigenvalue weighted by molar-refractivity contribution is 0.105. The molecule has 1 rings (SSSR count). The van der Waals surface area contributed by atoms with Crippen LogP contribution in [0.1, 0.15) is 39.5 Å². The number of hydrogen-bond donors (Lipinski definition) is 1. The Balaban J connectivity index is 2.41. The lowest BCUT2D eigenvalue weighted by atomic mass is 10.0. The van der Waals surface area contributed by atoms with E-state index >= 15 is 0 Å². The first-order valence-electron chi connectivity index (χ1n) is 6.30. The van der Waals surface area contributed by atoms with Crippen molar-refractivity contribution in [3.05, 3.63) is 0 Å². The van der Waals surface area contributed by atoms with Gasteiger partial charge in [-0.05, 0) is 25.7 Å². The minimum atomic E-state index is -0.198. The van der Waals surface area contributed by atoms with Gasteiger partial charge in [-0.3, -0.25) is 0 Å². The lowest BCUT2D eigenvalue weighted by Gasteiger charge is -2.34. The number of rotatable bonds is 4. The summed E-state index contributed by atoms with van der Waals surface area (Å²) < 4.78 is 4.75. The van der Waals surface area contributed by atoms with Crippen molar-refractivity contribution >= 4 is 6.09 Å². The molecule has 0 aliphatic carbocycles. The number of hydrogen-bond acceptors (Lipinski definition) is 3. The molecule has 0 saturated carbocycles. The Morgan fingerprint density at radius 1 is 1.50 bits per heavy atom. The number of carbonyl (C=O) groups excluding carboxylic acids is 1. The van der Waals surface area contributed by atoms with Crippen LogP contribution in [0.25, 0.3) is 0 Å². The second kappa shape index (κ2) is 6.74. The van der Waals surface area contributed by atoms with Gasteiger partial charge in [0.25, 0.3) is 0 Å². The van der Waals surface area contributed by atoms with Gasteiger partial charge in [0.15, 0.2) is 0 Å². The summed E-state index contributed by atoms with van der Waals surface area (Å²) in [5.74, 6) is 0. The Kier molecular flexibility index (Phi) is 5.60. The third-order valence-corrected chi connectivity index (χ3v) is 3.31. The highest BCUT2D eigenvalue weighted by molar-refractivity contribution is 5.67. The fourth-order valence-corrected chi connectivity index (χ4v) is 2.27. The first-order valence-corrected chi connectivity index (χ1v) is 6.30. The monoisotopic (exact) mass is 228 g/mol. The van der Waals surface area contributed by atoms with E-state index in [0.29, 0.717) is 12.1 Å². The fourth-order valence-electron chi connectivity index (χ4n) is 2.27. The van der Waals surface area contributed by atoms with Crippen molar-refractivity contribution < 1.29 is 9.53 Å². The molecule has 1 aliphatic rings. The van der Waals surface area contributed by atoms with E-state index in [4.69, 9.17) is 4.74 Å². The molecule has 0 aromatic heterocycles. The second-order valence-electron chi connectivity index (χ2n) is 4.44. The molecule has 1 atom stereocenters. The Bertz CT molecular complexity index is 217. The maximum absolute atomic E-state index is 11.4. The first kappa shape index (κ1) is 13.3. The highest BCUT2D eigenvalue weighted by Crippen LogP contribution is 2.12. The number of nitrogens with zero attached hydrogens (tertiary/aromatic N) is 1. The fraction of sp³-hybridized carbons (Fsp3) is 0.917. The molecule has 1 saturated heterocycles. The smallest absolute Gasteiger partial charge is 0.409 e. The molecule has 1 unspecified atom stereocenters. The largest absolute Gasteiger partial charge is 0.453 e. The maximum Gasteiger partial charge on any atom is 0.409 e. The van der Waals surface area contributed by atoms with Crippen LogP contribution in [-0.2, 0) is 4.74 Å². The molecule has 1 amide bonds. The zero-order valence-electron chi connectivity index (χ0n) is 10.7. The molecule has 1 aliphatic heterocycles. The summed E-state index contributed by atoms with van der Waals surface area (Å²) in [4.78, 5) is 13.2. The van der Waals surface area contributed by atoms with Gasteiger partial charge in [-0.2, -0.15) is 0 Å². The molecule has 1 heterocycles. The summed E-state index contributed by atoms with van der Waals surface area (Å²) in [6.45, 7) is 6.00. The Labute approximate surface area is 98.3 Å². The minimum Gasteiger partial charge on any atom is -0.453 e. The molecule has 1 fully saturated rings. The van der Waals surface area contributed by atoms with Gasteiger partial charge in [-0.1, -0.05) is 13.8 Å². The van der Waals surface area contributed by atoms with E-state index in [-0.39, 0.29) is 6.09 Å². The van der Waals surface area contributed by atoms with E-state index in [0.717, 1.165) is 38.8 Å². The molecule has 94 valence electrons. The lowest BCUT2D eigenvalue weighted by Crippen LogP contribution is -2.50. The molecule has 0 aromatic carbocycles. The van der Waals surface area contributed by atoms with E-state index in [1.54, 1.807) is 4.90 Å². The second-order valence-corrected chi connectivity index (χ2v) is 4.44. The van der Waals surface area contributed by atoms with E-state index in [1.165, 1.54) is 7.11 Å². The van der Waals surface area contributed by atoms with Crippen molar-refractivity contribution in [2.45, 2.75) is 51.6 Å². The van der Waals surface area contributed by atoms with E-state index in [9.17, 15) is 4.79 Å². The summed E-state index contributed by atoms with van der Waals surface area (Å²) in [6, 6.07) is 1.00. The Hall–Kier alpha value is -0.770. The maximum atomic E-state index is 11.4. The molecule has 4 nitrogen and oxygen atoms in total. The highest BCUT2D eigenvalue weighted by Gasteiger charge is 2.24. The molecule has 0 bridgehead atoms. The van der Waals surface area contributed by atoms with Crippen LogP contribution in [0, 0.1) is 0 Å². The van der Waals surface area contributed by atoms with Gasteiger partial charge in [-0.25, -0.2) is 4.79 Å². The van der Waals surface area contributed by atoms with Crippen LogP contribution in [0.5, 0.6) is 0 Å².